The van der Waals surface area contributed by atoms with Crippen LogP contribution in [0, 0.1) is 0 Å². The van der Waals surface area contributed by atoms with E-state index in [-0.39, 0.29) is 11.7 Å². The van der Waals surface area contributed by atoms with Gasteiger partial charge in [-0.25, -0.2) is 0 Å². The Morgan fingerprint density at radius 1 is 1.00 bits per heavy atom. The van der Waals surface area contributed by atoms with E-state index in [1.54, 1.807) is 4.90 Å². The summed E-state index contributed by atoms with van der Waals surface area (Å²) in [5.41, 5.74) is 0. The Labute approximate surface area is 104 Å². The van der Waals surface area contributed by atoms with E-state index in [4.69, 9.17) is 0 Å². The molecule has 0 saturated carbocycles. The number of likely N-dealkylation sites (N-methyl/N-ethyl adjacent to an activating group) is 2. The maximum Gasteiger partial charge on any atom is 0.223 e. The molecule has 0 heterocycles. The molecule has 0 bridgehead atoms. The number of hydrogen-bond acceptors (Lipinski definition) is 4. The smallest absolute Gasteiger partial charge is 0.223 e. The average molecular weight is 243 g/mol. The molecule has 5 heteroatoms. The minimum absolute atomic E-state index is 0.0669. The van der Waals surface area contributed by atoms with Gasteiger partial charge in [-0.15, -0.1) is 0 Å². The van der Waals surface area contributed by atoms with Gasteiger partial charge in [0.05, 0.1) is 0 Å². The van der Waals surface area contributed by atoms with Crippen molar-refractivity contribution in [2.45, 2.75) is 26.2 Å². The Morgan fingerprint density at radius 3 is 1.94 bits per heavy atom. The lowest BCUT2D eigenvalue weighted by atomic mass is 10.1. The van der Waals surface area contributed by atoms with Gasteiger partial charge < -0.3 is 15.5 Å². The first-order valence-corrected chi connectivity index (χ1v) is 6.24. The quantitative estimate of drug-likeness (QED) is 0.567. The van der Waals surface area contributed by atoms with E-state index < -0.39 is 0 Å². The van der Waals surface area contributed by atoms with Crippen molar-refractivity contribution in [1.82, 2.24) is 15.5 Å². The van der Waals surface area contributed by atoms with Crippen LogP contribution in [0.25, 0.3) is 0 Å². The van der Waals surface area contributed by atoms with Crippen molar-refractivity contribution in [3.63, 3.8) is 0 Å². The second kappa shape index (κ2) is 10.2. The highest BCUT2D eigenvalue weighted by Crippen LogP contribution is 2.00. The molecule has 0 aliphatic carbocycles. The third-order valence-electron chi connectivity index (χ3n) is 2.63. The van der Waals surface area contributed by atoms with Gasteiger partial charge in [-0.1, -0.05) is 6.92 Å². The van der Waals surface area contributed by atoms with Crippen molar-refractivity contribution in [2.75, 3.05) is 40.3 Å². The Kier molecular flexibility index (Phi) is 9.66. The van der Waals surface area contributed by atoms with Crippen LogP contribution in [0.5, 0.6) is 0 Å². The van der Waals surface area contributed by atoms with Gasteiger partial charge in [-0.05, 0) is 14.1 Å². The summed E-state index contributed by atoms with van der Waals surface area (Å²) in [5, 5.41) is 6.05. The predicted octanol–water partition coefficient (Wildman–Crippen LogP) is 0.0131. The van der Waals surface area contributed by atoms with Gasteiger partial charge in [0.2, 0.25) is 5.91 Å². The highest BCUT2D eigenvalue weighted by atomic mass is 16.2. The average Bonchev–Trinajstić information content (AvgIpc) is 2.35. The minimum Gasteiger partial charge on any atom is -0.340 e. The van der Waals surface area contributed by atoms with Crippen molar-refractivity contribution in [1.29, 1.82) is 0 Å². The maximum atomic E-state index is 11.9. The molecular weight excluding hydrogens is 218 g/mol. The van der Waals surface area contributed by atoms with Crippen LogP contribution in [0.4, 0.5) is 0 Å². The van der Waals surface area contributed by atoms with Crippen LogP contribution in [0.1, 0.15) is 26.2 Å². The molecule has 0 spiro atoms. The number of hydrogen-bond donors (Lipinski definition) is 2. The van der Waals surface area contributed by atoms with Crippen molar-refractivity contribution < 1.29 is 9.59 Å². The first-order valence-electron chi connectivity index (χ1n) is 6.24. The fourth-order valence-electron chi connectivity index (χ4n) is 1.44. The van der Waals surface area contributed by atoms with Crippen LogP contribution in [0.15, 0.2) is 0 Å². The van der Waals surface area contributed by atoms with Crippen molar-refractivity contribution >= 4 is 11.7 Å². The Morgan fingerprint density at radius 2 is 1.53 bits per heavy atom. The van der Waals surface area contributed by atoms with Crippen molar-refractivity contribution in [3.05, 3.63) is 0 Å². The topological polar surface area (TPSA) is 61.4 Å². The number of amides is 1. The molecule has 0 aliphatic rings. The fraction of sp³-hybridized carbons (Fsp3) is 0.833. The summed E-state index contributed by atoms with van der Waals surface area (Å²) in [5.74, 6) is 0.220. The molecule has 0 unspecified atom stereocenters. The molecule has 0 aromatic carbocycles. The second-order valence-corrected chi connectivity index (χ2v) is 3.98. The van der Waals surface area contributed by atoms with Gasteiger partial charge in [0, 0.05) is 45.4 Å². The fourth-order valence-corrected chi connectivity index (χ4v) is 1.44. The first kappa shape index (κ1) is 16.1. The molecule has 0 radical (unpaired) electrons. The third kappa shape index (κ3) is 7.88. The second-order valence-electron chi connectivity index (χ2n) is 3.98. The minimum atomic E-state index is 0.0669. The van der Waals surface area contributed by atoms with Crippen LogP contribution in [0.2, 0.25) is 0 Å². The van der Waals surface area contributed by atoms with Gasteiger partial charge in [0.25, 0.3) is 0 Å². The number of rotatable bonds is 10. The van der Waals surface area contributed by atoms with Gasteiger partial charge in [-0.2, -0.15) is 0 Å². The summed E-state index contributed by atoms with van der Waals surface area (Å²) in [6, 6.07) is 0. The summed E-state index contributed by atoms with van der Waals surface area (Å²) in [4.78, 5) is 24.9. The van der Waals surface area contributed by atoms with Crippen LogP contribution in [-0.2, 0) is 9.59 Å². The predicted molar refractivity (Wildman–Crippen MR) is 69.0 cm³/mol. The van der Waals surface area contributed by atoms with E-state index in [2.05, 4.69) is 10.6 Å². The van der Waals surface area contributed by atoms with E-state index in [0.717, 1.165) is 13.1 Å². The summed E-state index contributed by atoms with van der Waals surface area (Å²) in [6.45, 7) is 4.76. The zero-order valence-electron chi connectivity index (χ0n) is 11.2. The number of Topliss-reactive ketones (excluding diaryl/α,β-unsaturated/α-hetero) is 1. The number of nitrogens with one attached hydrogen (secondary N) is 2. The van der Waals surface area contributed by atoms with E-state index in [1.165, 1.54) is 0 Å². The van der Waals surface area contributed by atoms with Crippen LogP contribution >= 0.6 is 0 Å². The lowest BCUT2D eigenvalue weighted by molar-refractivity contribution is -0.133. The van der Waals surface area contributed by atoms with Crippen LogP contribution in [-0.4, -0.2) is 56.9 Å². The number of ketones is 1. The number of carbonyl (C=O) groups is 2. The zero-order chi connectivity index (χ0) is 13.1. The van der Waals surface area contributed by atoms with Gasteiger partial charge in [0.1, 0.15) is 5.78 Å². The summed E-state index contributed by atoms with van der Waals surface area (Å²) in [7, 11) is 3.72. The van der Waals surface area contributed by atoms with E-state index >= 15 is 0 Å². The number of nitrogens with zero attached hydrogens (tertiary/aromatic N) is 1. The van der Waals surface area contributed by atoms with E-state index in [9.17, 15) is 9.59 Å². The molecule has 0 saturated heterocycles. The molecule has 100 valence electrons. The molecule has 0 aromatic heterocycles. The van der Waals surface area contributed by atoms with Crippen LogP contribution in [0.3, 0.4) is 0 Å². The molecule has 2 N–H and O–H groups in total. The molecular formula is C12H25N3O2. The summed E-state index contributed by atoms with van der Waals surface area (Å²) >= 11 is 0. The first-order chi connectivity index (χ1) is 8.15. The van der Waals surface area contributed by atoms with Crippen molar-refractivity contribution in [3.8, 4) is 0 Å². The van der Waals surface area contributed by atoms with Gasteiger partial charge in [0.15, 0.2) is 0 Å². The SMILES string of the molecule is CCC(=O)CCC(=O)N(CCNC)CCNC. The molecule has 17 heavy (non-hydrogen) atoms. The number of carbonyl (C=O) groups excluding carboxylic acids is 2. The zero-order valence-corrected chi connectivity index (χ0v) is 11.2. The lowest BCUT2D eigenvalue weighted by Crippen LogP contribution is -2.40. The molecule has 0 fully saturated rings. The lowest BCUT2D eigenvalue weighted by Gasteiger charge is -2.22. The van der Waals surface area contributed by atoms with E-state index in [1.807, 2.05) is 21.0 Å². The third-order valence-corrected chi connectivity index (χ3v) is 2.63. The van der Waals surface area contributed by atoms with Gasteiger partial charge >= 0.3 is 0 Å². The maximum absolute atomic E-state index is 11.9. The standard InChI is InChI=1S/C12H25N3O2/c1-4-11(16)5-6-12(17)15(9-7-13-2)10-8-14-3/h13-14H,4-10H2,1-3H3. The molecule has 5 nitrogen and oxygen atoms in total. The Bertz CT molecular complexity index is 224. The summed E-state index contributed by atoms with van der Waals surface area (Å²) < 4.78 is 0. The summed E-state index contributed by atoms with van der Waals surface area (Å²) in [6.07, 6.45) is 1.21. The monoisotopic (exact) mass is 243 g/mol. The highest BCUT2D eigenvalue weighted by Gasteiger charge is 2.13. The van der Waals surface area contributed by atoms with Crippen LogP contribution < -0.4 is 10.6 Å². The molecule has 0 aromatic rings. The molecule has 0 rings (SSSR count). The Balaban J connectivity index is 4.06. The molecule has 1 amide bonds. The van der Waals surface area contributed by atoms with Gasteiger partial charge in [-0.3, -0.25) is 9.59 Å². The highest BCUT2D eigenvalue weighted by molar-refractivity contribution is 5.84. The van der Waals surface area contributed by atoms with Crippen molar-refractivity contribution in [2.24, 2.45) is 0 Å². The molecule has 0 aliphatic heterocycles. The largest absolute Gasteiger partial charge is 0.340 e. The normalized spacial score (nSPS) is 10.3. The Hall–Kier alpha value is -0.940. The molecule has 0 atom stereocenters. The van der Waals surface area contributed by atoms with E-state index in [0.29, 0.717) is 32.4 Å².